The molecule has 13 heavy (non-hydrogen) atoms. The first kappa shape index (κ1) is 10.4. The summed E-state index contributed by atoms with van der Waals surface area (Å²) in [6.07, 6.45) is 4.71. The molecule has 1 unspecified atom stereocenters. The summed E-state index contributed by atoms with van der Waals surface area (Å²) < 4.78 is 0. The molecule has 0 aromatic rings. The monoisotopic (exact) mass is 180 g/mol. The van der Waals surface area contributed by atoms with Crippen molar-refractivity contribution in [3.63, 3.8) is 0 Å². The van der Waals surface area contributed by atoms with Crippen LogP contribution in [0.1, 0.15) is 40.5 Å². The molecule has 1 aliphatic rings. The summed E-state index contributed by atoms with van der Waals surface area (Å²) in [7, 11) is 0. The molecular weight excluding hydrogens is 160 g/mol. The van der Waals surface area contributed by atoms with Gasteiger partial charge in [-0.15, -0.1) is 0 Å². The number of rotatable bonds is 2. The van der Waals surface area contributed by atoms with E-state index in [2.05, 4.69) is 33.9 Å². The number of nitriles is 1. The average Bonchev–Trinajstić information content (AvgIpc) is 2.23. The SMILES string of the molecule is CC(C)CC1CN(C#N)C(C)(C)C1. The van der Waals surface area contributed by atoms with E-state index in [-0.39, 0.29) is 5.54 Å². The van der Waals surface area contributed by atoms with Gasteiger partial charge in [0.2, 0.25) is 0 Å². The van der Waals surface area contributed by atoms with E-state index >= 15 is 0 Å². The summed E-state index contributed by atoms with van der Waals surface area (Å²) in [6.45, 7) is 9.79. The fourth-order valence-corrected chi connectivity index (χ4v) is 2.39. The Morgan fingerprint density at radius 2 is 2.15 bits per heavy atom. The summed E-state index contributed by atoms with van der Waals surface area (Å²) >= 11 is 0. The minimum Gasteiger partial charge on any atom is -0.305 e. The number of nitrogens with zero attached hydrogens (tertiary/aromatic N) is 2. The lowest BCUT2D eigenvalue weighted by Gasteiger charge is -2.25. The van der Waals surface area contributed by atoms with Crippen molar-refractivity contribution in [1.82, 2.24) is 4.90 Å². The van der Waals surface area contributed by atoms with Gasteiger partial charge in [0, 0.05) is 12.1 Å². The van der Waals surface area contributed by atoms with Gasteiger partial charge >= 0.3 is 0 Å². The van der Waals surface area contributed by atoms with Crippen LogP contribution in [-0.4, -0.2) is 17.0 Å². The fraction of sp³-hybridized carbons (Fsp3) is 0.909. The standard InChI is InChI=1S/C11H20N2/c1-9(2)5-10-6-11(3,4)13(7-10)8-12/h9-10H,5-7H2,1-4H3. The molecule has 1 atom stereocenters. The average molecular weight is 180 g/mol. The molecule has 0 spiro atoms. The number of likely N-dealkylation sites (tertiary alicyclic amines) is 1. The molecule has 0 aromatic carbocycles. The van der Waals surface area contributed by atoms with Crippen molar-refractivity contribution in [2.75, 3.05) is 6.54 Å². The second-order valence-corrected chi connectivity index (χ2v) is 5.22. The fourth-order valence-electron chi connectivity index (χ4n) is 2.39. The summed E-state index contributed by atoms with van der Waals surface area (Å²) in [5.74, 6) is 1.47. The van der Waals surface area contributed by atoms with Crippen LogP contribution in [-0.2, 0) is 0 Å². The summed E-state index contributed by atoms with van der Waals surface area (Å²) in [6, 6.07) is 0. The van der Waals surface area contributed by atoms with Crippen molar-refractivity contribution in [3.8, 4) is 6.19 Å². The first-order valence-corrected chi connectivity index (χ1v) is 5.13. The lowest BCUT2D eigenvalue weighted by atomic mass is 9.90. The largest absolute Gasteiger partial charge is 0.305 e. The smallest absolute Gasteiger partial charge is 0.179 e. The van der Waals surface area contributed by atoms with Crippen molar-refractivity contribution < 1.29 is 0 Å². The van der Waals surface area contributed by atoms with E-state index in [4.69, 9.17) is 5.26 Å². The van der Waals surface area contributed by atoms with E-state index < -0.39 is 0 Å². The Morgan fingerprint density at radius 1 is 1.54 bits per heavy atom. The van der Waals surface area contributed by atoms with Crippen molar-refractivity contribution >= 4 is 0 Å². The maximum atomic E-state index is 8.93. The van der Waals surface area contributed by atoms with Gasteiger partial charge in [-0.1, -0.05) is 13.8 Å². The molecule has 1 heterocycles. The van der Waals surface area contributed by atoms with E-state index in [0.29, 0.717) is 0 Å². The molecule has 74 valence electrons. The van der Waals surface area contributed by atoms with E-state index in [1.54, 1.807) is 0 Å². The maximum absolute atomic E-state index is 8.93. The molecule has 0 amide bonds. The highest BCUT2D eigenvalue weighted by Crippen LogP contribution is 2.34. The Bertz CT molecular complexity index is 213. The predicted molar refractivity (Wildman–Crippen MR) is 54.0 cm³/mol. The van der Waals surface area contributed by atoms with Crippen LogP contribution in [0.15, 0.2) is 0 Å². The number of hydrogen-bond donors (Lipinski definition) is 0. The lowest BCUT2D eigenvalue weighted by Crippen LogP contribution is -2.33. The summed E-state index contributed by atoms with van der Waals surface area (Å²) in [4.78, 5) is 1.93. The topological polar surface area (TPSA) is 27.0 Å². The molecule has 0 radical (unpaired) electrons. The van der Waals surface area contributed by atoms with Gasteiger partial charge < -0.3 is 4.90 Å². The minimum atomic E-state index is 0.0916. The highest BCUT2D eigenvalue weighted by atomic mass is 15.2. The van der Waals surface area contributed by atoms with Gasteiger partial charge in [0.1, 0.15) is 0 Å². The van der Waals surface area contributed by atoms with Crippen molar-refractivity contribution in [2.45, 2.75) is 46.1 Å². The minimum absolute atomic E-state index is 0.0916. The molecule has 2 nitrogen and oxygen atoms in total. The van der Waals surface area contributed by atoms with Crippen LogP contribution in [0.2, 0.25) is 0 Å². The highest BCUT2D eigenvalue weighted by Gasteiger charge is 2.37. The second kappa shape index (κ2) is 3.57. The number of hydrogen-bond acceptors (Lipinski definition) is 2. The molecule has 0 saturated carbocycles. The van der Waals surface area contributed by atoms with Crippen LogP contribution in [0.5, 0.6) is 0 Å². The van der Waals surface area contributed by atoms with Gasteiger partial charge in [0.05, 0.1) is 0 Å². The molecule has 0 aliphatic carbocycles. The van der Waals surface area contributed by atoms with Crippen LogP contribution >= 0.6 is 0 Å². The molecule has 1 aliphatic heterocycles. The molecule has 1 rings (SSSR count). The first-order valence-electron chi connectivity index (χ1n) is 5.13. The van der Waals surface area contributed by atoms with Crippen molar-refractivity contribution in [2.24, 2.45) is 11.8 Å². The lowest BCUT2D eigenvalue weighted by molar-refractivity contribution is 0.262. The van der Waals surface area contributed by atoms with Gasteiger partial charge in [-0.2, -0.15) is 5.26 Å². The molecular formula is C11H20N2. The molecule has 2 heteroatoms. The van der Waals surface area contributed by atoms with E-state index in [1.807, 2.05) is 4.90 Å². The quantitative estimate of drug-likeness (QED) is 0.611. The second-order valence-electron chi connectivity index (χ2n) is 5.22. The molecule has 1 fully saturated rings. The molecule has 0 bridgehead atoms. The van der Waals surface area contributed by atoms with E-state index in [0.717, 1.165) is 18.4 Å². The third-order valence-electron chi connectivity index (χ3n) is 2.89. The third-order valence-corrected chi connectivity index (χ3v) is 2.89. The Kier molecular flexibility index (Phi) is 2.85. The van der Waals surface area contributed by atoms with Gasteiger partial charge in [-0.25, -0.2) is 0 Å². The van der Waals surface area contributed by atoms with E-state index in [9.17, 15) is 0 Å². The molecule has 0 N–H and O–H groups in total. The van der Waals surface area contributed by atoms with Gasteiger partial charge in [-0.05, 0) is 38.5 Å². The zero-order valence-electron chi connectivity index (χ0n) is 9.17. The first-order chi connectivity index (χ1) is 5.95. The molecule has 0 aromatic heterocycles. The summed E-state index contributed by atoms with van der Waals surface area (Å²) in [5, 5.41) is 8.93. The Morgan fingerprint density at radius 3 is 2.54 bits per heavy atom. The normalized spacial score (nSPS) is 26.5. The Balaban J connectivity index is 2.55. The Labute approximate surface area is 81.5 Å². The highest BCUT2D eigenvalue weighted by molar-refractivity contribution is 4.98. The van der Waals surface area contributed by atoms with Crippen LogP contribution in [0.4, 0.5) is 0 Å². The van der Waals surface area contributed by atoms with Gasteiger partial charge in [0.25, 0.3) is 0 Å². The van der Waals surface area contributed by atoms with Crippen LogP contribution in [0.25, 0.3) is 0 Å². The predicted octanol–water partition coefficient (Wildman–Crippen LogP) is 2.61. The third kappa shape index (κ3) is 2.37. The van der Waals surface area contributed by atoms with Gasteiger partial charge in [-0.3, -0.25) is 0 Å². The maximum Gasteiger partial charge on any atom is 0.179 e. The van der Waals surface area contributed by atoms with Crippen LogP contribution in [0, 0.1) is 23.3 Å². The van der Waals surface area contributed by atoms with Crippen LogP contribution < -0.4 is 0 Å². The molecule has 1 saturated heterocycles. The van der Waals surface area contributed by atoms with Crippen LogP contribution in [0.3, 0.4) is 0 Å². The van der Waals surface area contributed by atoms with Crippen molar-refractivity contribution in [1.29, 1.82) is 5.26 Å². The van der Waals surface area contributed by atoms with Crippen molar-refractivity contribution in [3.05, 3.63) is 0 Å². The zero-order chi connectivity index (χ0) is 10.1. The zero-order valence-corrected chi connectivity index (χ0v) is 9.17. The van der Waals surface area contributed by atoms with Gasteiger partial charge in [0.15, 0.2) is 6.19 Å². The summed E-state index contributed by atoms with van der Waals surface area (Å²) in [5.41, 5.74) is 0.0916. The Hall–Kier alpha value is -0.710. The van der Waals surface area contributed by atoms with E-state index in [1.165, 1.54) is 12.8 Å².